The molecule has 2 atom stereocenters. The topological polar surface area (TPSA) is 44.4 Å². The van der Waals surface area contributed by atoms with Crippen molar-refractivity contribution in [2.24, 2.45) is 5.92 Å². The number of nitrogens with zero attached hydrogens (tertiary/aromatic N) is 1. The molecule has 21 heavy (non-hydrogen) atoms. The van der Waals surface area contributed by atoms with Gasteiger partial charge in [0.15, 0.2) is 0 Å². The third kappa shape index (κ3) is 4.07. The molecule has 1 amide bonds. The van der Waals surface area contributed by atoms with Gasteiger partial charge in [-0.25, -0.2) is 0 Å². The molecular weight excluding hydrogens is 262 g/mol. The summed E-state index contributed by atoms with van der Waals surface area (Å²) in [5.41, 5.74) is 1.54. The van der Waals surface area contributed by atoms with E-state index >= 15 is 0 Å². The first kappa shape index (κ1) is 15.0. The van der Waals surface area contributed by atoms with Gasteiger partial charge in [0.1, 0.15) is 0 Å². The minimum absolute atomic E-state index is 0.207. The number of piperidine rings is 1. The van der Waals surface area contributed by atoms with Gasteiger partial charge in [0.25, 0.3) is 0 Å². The number of rotatable bonds is 5. The summed E-state index contributed by atoms with van der Waals surface area (Å²) < 4.78 is 0. The molecule has 2 fully saturated rings. The monoisotopic (exact) mass is 291 g/mol. The Kier molecular flexibility index (Phi) is 5.31. The molecule has 2 unspecified atom stereocenters. The van der Waals surface area contributed by atoms with E-state index < -0.39 is 0 Å². The molecule has 0 aromatic rings. The van der Waals surface area contributed by atoms with Crippen LogP contribution in [0.4, 0.5) is 0 Å². The molecule has 2 heterocycles. The molecule has 0 aromatic carbocycles. The molecule has 3 rings (SSSR count). The summed E-state index contributed by atoms with van der Waals surface area (Å²) >= 11 is 0. The second-order valence-corrected chi connectivity index (χ2v) is 6.81. The van der Waals surface area contributed by atoms with Crippen LogP contribution in [0.25, 0.3) is 0 Å². The van der Waals surface area contributed by atoms with Crippen LogP contribution in [0, 0.1) is 5.92 Å². The fraction of sp³-hybridized carbons (Fsp3) is 0.824. The zero-order valence-electron chi connectivity index (χ0n) is 13.1. The molecule has 1 aliphatic carbocycles. The summed E-state index contributed by atoms with van der Waals surface area (Å²) in [5, 5.41) is 6.59. The number of likely N-dealkylation sites (tertiary alicyclic amines) is 1. The van der Waals surface area contributed by atoms with Gasteiger partial charge in [-0.1, -0.05) is 11.6 Å². The highest BCUT2D eigenvalue weighted by atomic mass is 16.2. The van der Waals surface area contributed by atoms with Gasteiger partial charge >= 0.3 is 0 Å². The predicted octanol–water partition coefficient (Wildman–Crippen LogP) is 1.68. The normalized spacial score (nSPS) is 29.8. The number of nitrogens with one attached hydrogen (secondary N) is 2. The molecule has 2 N–H and O–H groups in total. The average molecular weight is 291 g/mol. The van der Waals surface area contributed by atoms with Gasteiger partial charge < -0.3 is 10.6 Å². The predicted molar refractivity (Wildman–Crippen MR) is 85.1 cm³/mol. The van der Waals surface area contributed by atoms with Crippen LogP contribution in [0.15, 0.2) is 11.6 Å². The summed E-state index contributed by atoms with van der Waals surface area (Å²) in [5.74, 6) is 0.970. The lowest BCUT2D eigenvalue weighted by atomic mass is 9.92. The van der Waals surface area contributed by atoms with E-state index in [1.165, 1.54) is 38.5 Å². The van der Waals surface area contributed by atoms with E-state index in [2.05, 4.69) is 21.6 Å². The summed E-state index contributed by atoms with van der Waals surface area (Å²) in [6.07, 6.45) is 11.1. The Hall–Kier alpha value is -0.870. The Morgan fingerprint density at radius 3 is 3.14 bits per heavy atom. The zero-order valence-corrected chi connectivity index (χ0v) is 13.1. The second kappa shape index (κ2) is 7.41. The quantitative estimate of drug-likeness (QED) is 0.758. The van der Waals surface area contributed by atoms with E-state index in [1.807, 2.05) is 0 Å². The molecule has 2 saturated heterocycles. The highest BCUT2D eigenvalue weighted by molar-refractivity contribution is 5.78. The molecule has 4 nitrogen and oxygen atoms in total. The van der Waals surface area contributed by atoms with Crippen LogP contribution in [0.3, 0.4) is 0 Å². The lowest BCUT2D eigenvalue weighted by Crippen LogP contribution is -2.49. The van der Waals surface area contributed by atoms with Gasteiger partial charge in [-0.05, 0) is 64.0 Å². The van der Waals surface area contributed by atoms with Crippen molar-refractivity contribution in [1.82, 2.24) is 15.5 Å². The number of amides is 1. The first-order chi connectivity index (χ1) is 10.3. The minimum atomic E-state index is 0.207. The molecule has 3 aliphatic rings. The molecule has 2 aliphatic heterocycles. The van der Waals surface area contributed by atoms with Gasteiger partial charge in [0, 0.05) is 19.1 Å². The molecule has 0 spiro atoms. The summed E-state index contributed by atoms with van der Waals surface area (Å²) in [7, 11) is 0. The van der Waals surface area contributed by atoms with Crippen LogP contribution in [0.2, 0.25) is 0 Å². The molecule has 0 saturated carbocycles. The van der Waals surface area contributed by atoms with Gasteiger partial charge in [0.2, 0.25) is 5.91 Å². The molecule has 0 radical (unpaired) electrons. The fourth-order valence-corrected chi connectivity index (χ4v) is 4.09. The molecule has 118 valence electrons. The maximum Gasteiger partial charge on any atom is 0.234 e. The van der Waals surface area contributed by atoms with Gasteiger partial charge in [-0.3, -0.25) is 9.69 Å². The first-order valence-electron chi connectivity index (χ1n) is 8.72. The zero-order chi connectivity index (χ0) is 14.5. The van der Waals surface area contributed by atoms with Crippen LogP contribution < -0.4 is 10.6 Å². The average Bonchev–Trinajstić information content (AvgIpc) is 2.98. The summed E-state index contributed by atoms with van der Waals surface area (Å²) in [4.78, 5) is 14.5. The summed E-state index contributed by atoms with van der Waals surface area (Å²) in [6.45, 7) is 4.68. The van der Waals surface area contributed by atoms with E-state index in [1.54, 1.807) is 5.57 Å². The van der Waals surface area contributed by atoms with E-state index in [0.29, 0.717) is 12.6 Å². The highest BCUT2D eigenvalue weighted by Crippen LogP contribution is 2.26. The Balaban J connectivity index is 1.38. The van der Waals surface area contributed by atoms with Crippen molar-refractivity contribution < 1.29 is 4.79 Å². The third-order valence-electron chi connectivity index (χ3n) is 5.29. The molecule has 4 heteroatoms. The van der Waals surface area contributed by atoms with Crippen molar-refractivity contribution in [2.45, 2.75) is 51.0 Å². The fourth-order valence-electron chi connectivity index (χ4n) is 4.09. The number of carbonyl (C=O) groups excluding carboxylic acids is 1. The van der Waals surface area contributed by atoms with Crippen molar-refractivity contribution in [3.8, 4) is 0 Å². The first-order valence-corrected chi connectivity index (χ1v) is 8.72. The standard InChI is InChI=1S/C17H29N3O/c21-17(19-9-8-14-5-2-1-3-6-14)13-20-10-4-7-15-11-18-12-16(15)20/h5,15-16,18H,1-4,6-13H2,(H,19,21). The van der Waals surface area contributed by atoms with Gasteiger partial charge in [0.05, 0.1) is 6.54 Å². The highest BCUT2D eigenvalue weighted by Gasteiger charge is 2.35. The maximum absolute atomic E-state index is 12.1. The SMILES string of the molecule is O=C(CN1CCCC2CNCC21)NCCC1=CCCCC1. The van der Waals surface area contributed by atoms with E-state index in [-0.39, 0.29) is 5.91 Å². The second-order valence-electron chi connectivity index (χ2n) is 6.81. The number of carbonyl (C=O) groups is 1. The number of hydrogen-bond donors (Lipinski definition) is 2. The molecular formula is C17H29N3O. The Labute approximate surface area is 128 Å². The van der Waals surface area contributed by atoms with E-state index in [9.17, 15) is 4.79 Å². The van der Waals surface area contributed by atoms with Crippen LogP contribution in [0.5, 0.6) is 0 Å². The van der Waals surface area contributed by atoms with Crippen LogP contribution in [0.1, 0.15) is 44.9 Å². The molecule has 0 aromatic heterocycles. The largest absolute Gasteiger partial charge is 0.355 e. The maximum atomic E-state index is 12.1. The Morgan fingerprint density at radius 1 is 1.33 bits per heavy atom. The van der Waals surface area contributed by atoms with Gasteiger partial charge in [-0.15, -0.1) is 0 Å². The van der Waals surface area contributed by atoms with Crippen molar-refractivity contribution in [1.29, 1.82) is 0 Å². The number of hydrogen-bond acceptors (Lipinski definition) is 3. The van der Waals surface area contributed by atoms with Crippen LogP contribution in [-0.2, 0) is 4.79 Å². The lowest BCUT2D eigenvalue weighted by molar-refractivity contribution is -0.123. The number of fused-ring (bicyclic) bond motifs is 1. The van der Waals surface area contributed by atoms with E-state index in [4.69, 9.17) is 0 Å². The van der Waals surface area contributed by atoms with Crippen molar-refractivity contribution in [3.05, 3.63) is 11.6 Å². The van der Waals surface area contributed by atoms with Crippen molar-refractivity contribution in [2.75, 3.05) is 32.7 Å². The van der Waals surface area contributed by atoms with Crippen molar-refractivity contribution in [3.63, 3.8) is 0 Å². The Morgan fingerprint density at radius 2 is 2.29 bits per heavy atom. The third-order valence-corrected chi connectivity index (χ3v) is 5.29. The smallest absolute Gasteiger partial charge is 0.234 e. The van der Waals surface area contributed by atoms with Gasteiger partial charge in [-0.2, -0.15) is 0 Å². The lowest BCUT2D eigenvalue weighted by Gasteiger charge is -2.36. The van der Waals surface area contributed by atoms with E-state index in [0.717, 1.165) is 38.5 Å². The Bertz CT molecular complexity index is 393. The van der Waals surface area contributed by atoms with Crippen molar-refractivity contribution >= 4 is 5.91 Å². The van der Waals surface area contributed by atoms with Crippen LogP contribution >= 0.6 is 0 Å². The number of allylic oxidation sites excluding steroid dienone is 1. The molecule has 0 bridgehead atoms. The van der Waals surface area contributed by atoms with Crippen LogP contribution in [-0.4, -0.2) is 49.6 Å². The summed E-state index contributed by atoms with van der Waals surface area (Å²) in [6, 6.07) is 0.588. The minimum Gasteiger partial charge on any atom is -0.355 e.